The first-order chi connectivity index (χ1) is 20.9. The Balaban J connectivity index is 1.34. The Bertz CT molecular complexity index is 1600. The number of amides is 3. The van der Waals surface area contributed by atoms with Crippen LogP contribution in [0.1, 0.15) is 27.0 Å². The average molecular weight is 601 g/mol. The predicted molar refractivity (Wildman–Crippen MR) is 170 cm³/mol. The molecule has 5 atom stereocenters. The van der Waals surface area contributed by atoms with E-state index in [-0.39, 0.29) is 25.2 Å². The van der Waals surface area contributed by atoms with E-state index >= 15 is 0 Å². The van der Waals surface area contributed by atoms with Gasteiger partial charge < -0.3 is 35.4 Å². The molecule has 2 aromatic carbocycles. The monoisotopic (exact) mass is 602 g/mol. The second-order valence-electron chi connectivity index (χ2n) is 11.7. The largest absolute Gasteiger partial charge is 0.395 e. The lowest BCUT2D eigenvalue weighted by molar-refractivity contribution is -0.303. The molecule has 0 aromatic heterocycles. The van der Waals surface area contributed by atoms with Crippen molar-refractivity contribution in [2.75, 3.05) is 5.32 Å². The number of hydrogen-bond acceptors (Lipinski definition) is 10. The van der Waals surface area contributed by atoms with E-state index in [0.717, 1.165) is 9.80 Å². The van der Waals surface area contributed by atoms with E-state index in [4.69, 9.17) is 75.4 Å². The number of morpholine rings is 1. The first-order valence-corrected chi connectivity index (χ1v) is 13.5. The van der Waals surface area contributed by atoms with Gasteiger partial charge in [-0.05, 0) is 28.6 Å². The van der Waals surface area contributed by atoms with Crippen LogP contribution in [0.15, 0.2) is 42.5 Å². The van der Waals surface area contributed by atoms with Crippen molar-refractivity contribution in [1.29, 1.82) is 0 Å². The molecule has 46 heavy (non-hydrogen) atoms. The van der Waals surface area contributed by atoms with Crippen LogP contribution in [-0.2, 0) is 34.0 Å². The molecule has 3 aliphatic rings. The zero-order valence-electron chi connectivity index (χ0n) is 24.2. The number of rotatable bonds is 6. The molecule has 21 heteroatoms. The number of benzene rings is 2. The number of carbonyl (C=O) groups excluding carboxylic acids is 3. The summed E-state index contributed by atoms with van der Waals surface area (Å²) in [5, 5.41) is 42.4. The standard InChI is InChI=1S/C25H19B9N4O8/c26-19(17(40)36-18(41)20(27,42)21(19,28)43)37-10-14-13(16(37)39)2-1-3-15(14)35-8-11-4-6-12(7-5-11)9-38-22(29,30)25(34,45)46-23(31,32)24(38,33)44/h1-7,35,42-45H,8-10H2,(H,36,40,41). The van der Waals surface area contributed by atoms with Gasteiger partial charge in [0.05, 0.1) is 26.8 Å². The predicted octanol–water partition coefficient (Wildman–Crippen LogP) is -6.07. The number of fused-ring (bicyclic) bond motifs is 1. The summed E-state index contributed by atoms with van der Waals surface area (Å²) in [6.45, 7) is -0.449. The number of carbonyl (C=O) groups is 3. The topological polar surface area (TPSA) is 172 Å². The summed E-state index contributed by atoms with van der Waals surface area (Å²) >= 11 is 0. The van der Waals surface area contributed by atoms with Gasteiger partial charge in [-0.15, -0.1) is 0 Å². The minimum atomic E-state index is -3.28. The molecule has 214 valence electrons. The molecule has 3 amide bonds. The highest BCUT2D eigenvalue weighted by atomic mass is 16.6. The van der Waals surface area contributed by atoms with Crippen LogP contribution in [0.2, 0.25) is 0 Å². The first-order valence-electron chi connectivity index (χ1n) is 13.5. The third-order valence-electron chi connectivity index (χ3n) is 8.65. The summed E-state index contributed by atoms with van der Waals surface area (Å²) in [6.07, 6.45) is 0. The third-order valence-corrected chi connectivity index (χ3v) is 8.65. The molecule has 2 aromatic rings. The number of imide groups is 1. The molecule has 2 saturated heterocycles. The smallest absolute Gasteiger partial charge is 0.254 e. The minimum absolute atomic E-state index is 0.105. The van der Waals surface area contributed by atoms with Crippen LogP contribution >= 0.6 is 0 Å². The maximum atomic E-state index is 13.4. The second kappa shape index (κ2) is 10.6. The van der Waals surface area contributed by atoms with E-state index in [1.54, 1.807) is 41.7 Å². The first kappa shape index (κ1) is 34.5. The lowest BCUT2D eigenvalue weighted by Gasteiger charge is -2.66. The lowest BCUT2D eigenvalue weighted by Crippen LogP contribution is -2.86. The van der Waals surface area contributed by atoms with E-state index in [9.17, 15) is 34.8 Å². The van der Waals surface area contributed by atoms with Crippen molar-refractivity contribution in [3.8, 4) is 0 Å². The number of piperidine rings is 1. The van der Waals surface area contributed by atoms with Crippen LogP contribution in [0.4, 0.5) is 5.69 Å². The second-order valence-corrected chi connectivity index (χ2v) is 11.7. The lowest BCUT2D eigenvalue weighted by atomic mass is 9.42. The van der Waals surface area contributed by atoms with Gasteiger partial charge in [-0.3, -0.25) is 24.6 Å². The fraction of sp³-hybridized carbons (Fsp3) is 0.400. The van der Waals surface area contributed by atoms with E-state index in [1.165, 1.54) is 6.07 Å². The minimum Gasteiger partial charge on any atom is -0.395 e. The van der Waals surface area contributed by atoms with Crippen molar-refractivity contribution in [1.82, 2.24) is 15.1 Å². The third kappa shape index (κ3) is 4.76. The van der Waals surface area contributed by atoms with E-state index in [2.05, 4.69) is 5.32 Å². The van der Waals surface area contributed by atoms with Gasteiger partial charge in [-0.1, -0.05) is 30.3 Å². The number of ether oxygens (including phenoxy) is 1. The van der Waals surface area contributed by atoms with Crippen LogP contribution in [0.5, 0.6) is 0 Å². The molecular formula is C25H19B9N4O8. The van der Waals surface area contributed by atoms with E-state index in [0.29, 0.717) is 22.4 Å². The fourth-order valence-electron chi connectivity index (χ4n) is 5.54. The van der Waals surface area contributed by atoms with Gasteiger partial charge in [-0.2, -0.15) is 0 Å². The Morgan fingerprint density at radius 2 is 1.41 bits per heavy atom. The maximum Gasteiger partial charge on any atom is 0.254 e. The molecule has 5 rings (SSSR count). The molecule has 0 spiro atoms. The number of nitrogens with zero attached hydrogens (tertiary/aromatic N) is 2. The van der Waals surface area contributed by atoms with Crippen LogP contribution in [0.3, 0.4) is 0 Å². The molecule has 0 saturated carbocycles. The molecule has 0 bridgehead atoms. The quantitative estimate of drug-likeness (QED) is 0.139. The Morgan fingerprint density at radius 1 is 0.826 bits per heavy atom. The Labute approximate surface area is 276 Å². The summed E-state index contributed by atoms with van der Waals surface area (Å²) in [5.74, 6) is -3.67. The summed E-state index contributed by atoms with van der Waals surface area (Å²) in [4.78, 5) is 39.8. The Hall–Kier alpha value is -2.81. The van der Waals surface area contributed by atoms with E-state index in [1.807, 2.05) is 0 Å². The summed E-state index contributed by atoms with van der Waals surface area (Å²) in [6, 6.07) is 11.3. The van der Waals surface area contributed by atoms with Crippen molar-refractivity contribution in [2.45, 2.75) is 58.1 Å². The van der Waals surface area contributed by atoms with Crippen LogP contribution in [0, 0.1) is 0 Å². The number of hydrogen-bond donors (Lipinski definition) is 6. The zero-order chi connectivity index (χ0) is 34.5. The van der Waals surface area contributed by atoms with Gasteiger partial charge in [-0.25, -0.2) is 0 Å². The molecule has 5 unspecified atom stereocenters. The highest BCUT2D eigenvalue weighted by Crippen LogP contribution is 2.43. The van der Waals surface area contributed by atoms with Gasteiger partial charge in [0.2, 0.25) is 5.91 Å². The van der Waals surface area contributed by atoms with Crippen molar-refractivity contribution in [3.63, 3.8) is 0 Å². The average Bonchev–Trinajstić information content (AvgIpc) is 3.29. The van der Waals surface area contributed by atoms with Gasteiger partial charge in [0.1, 0.15) is 63.7 Å². The van der Waals surface area contributed by atoms with Gasteiger partial charge in [0.15, 0.2) is 7.85 Å². The molecule has 18 radical (unpaired) electrons. The Kier molecular flexibility index (Phi) is 7.96. The summed E-state index contributed by atoms with van der Waals surface area (Å²) < 4.78 is 4.88. The molecule has 6 N–H and O–H groups in total. The summed E-state index contributed by atoms with van der Waals surface area (Å²) in [5.41, 5.74) is -12.7. The van der Waals surface area contributed by atoms with Crippen molar-refractivity contribution in [3.05, 3.63) is 64.7 Å². The van der Waals surface area contributed by atoms with Crippen LogP contribution in [0.25, 0.3) is 0 Å². The molecular weight excluding hydrogens is 582 g/mol. The molecule has 2 fully saturated rings. The molecule has 3 heterocycles. The number of nitrogens with one attached hydrogen (secondary N) is 2. The van der Waals surface area contributed by atoms with E-state index < -0.39 is 56.2 Å². The van der Waals surface area contributed by atoms with Crippen LogP contribution in [-0.4, -0.2) is 157 Å². The molecule has 3 aliphatic heterocycles. The highest BCUT2D eigenvalue weighted by Gasteiger charge is 2.67. The van der Waals surface area contributed by atoms with Gasteiger partial charge in [0, 0.05) is 41.8 Å². The maximum absolute atomic E-state index is 13.4. The molecule has 0 aliphatic carbocycles. The number of aliphatic hydroxyl groups is 4. The Morgan fingerprint density at radius 3 is 2.02 bits per heavy atom. The zero-order valence-corrected chi connectivity index (χ0v) is 24.2. The summed E-state index contributed by atoms with van der Waals surface area (Å²) in [7, 11) is 52.5. The number of anilines is 1. The van der Waals surface area contributed by atoms with Crippen molar-refractivity contribution >= 4 is 94.0 Å². The SMILES string of the molecule is [B]C1([B])OC([B])(O)C([B])([B])N(Cc2ccc(CNc3cccc4c3CN(C3([B])C(=O)NC(=O)C([B])(O)C3([B])O)C4=O)cc2)C1([B])O. The highest BCUT2D eigenvalue weighted by molar-refractivity contribution is 6.49. The van der Waals surface area contributed by atoms with Gasteiger partial charge >= 0.3 is 0 Å². The van der Waals surface area contributed by atoms with Crippen molar-refractivity contribution in [2.24, 2.45) is 0 Å². The fourth-order valence-corrected chi connectivity index (χ4v) is 5.54. The normalized spacial score (nSPS) is 35.4. The van der Waals surface area contributed by atoms with Crippen LogP contribution < -0.4 is 10.6 Å². The van der Waals surface area contributed by atoms with Crippen molar-refractivity contribution < 1.29 is 39.5 Å². The van der Waals surface area contributed by atoms with Gasteiger partial charge in [0.25, 0.3) is 11.8 Å². The molecule has 12 nitrogen and oxygen atoms in total.